The fraction of sp³-hybridized carbons (Fsp3) is 0.368. The first kappa shape index (κ1) is 20.9. The number of benzene rings is 1. The summed E-state index contributed by atoms with van der Waals surface area (Å²) in [6.07, 6.45) is 3.68. The lowest BCUT2D eigenvalue weighted by molar-refractivity contribution is -0.123. The van der Waals surface area contributed by atoms with Crippen molar-refractivity contribution >= 4 is 15.9 Å². The monoisotopic (exact) mass is 391 g/mol. The first-order valence-corrected chi connectivity index (χ1v) is 10.1. The molecule has 2 N–H and O–H groups in total. The average molecular weight is 391 g/mol. The lowest BCUT2D eigenvalue weighted by Crippen LogP contribution is -2.47. The normalized spacial score (nSPS) is 12.6. The number of rotatable bonds is 9. The van der Waals surface area contributed by atoms with E-state index in [1.165, 1.54) is 19.2 Å². The van der Waals surface area contributed by atoms with Gasteiger partial charge in [-0.25, -0.2) is 8.42 Å². The molecule has 0 saturated carbocycles. The highest BCUT2D eigenvalue weighted by Crippen LogP contribution is 2.17. The van der Waals surface area contributed by atoms with Crippen molar-refractivity contribution in [2.24, 2.45) is 5.92 Å². The van der Waals surface area contributed by atoms with Gasteiger partial charge in [0.15, 0.2) is 0 Å². The van der Waals surface area contributed by atoms with Crippen LogP contribution in [0.2, 0.25) is 0 Å². The van der Waals surface area contributed by atoms with E-state index in [9.17, 15) is 13.2 Å². The number of hydrogen-bond acceptors (Lipinski definition) is 5. The smallest absolute Gasteiger partial charge is 0.241 e. The molecule has 0 bridgehead atoms. The van der Waals surface area contributed by atoms with E-state index in [0.29, 0.717) is 12.2 Å². The number of pyridine rings is 1. The number of aromatic nitrogens is 1. The van der Waals surface area contributed by atoms with Crippen LogP contribution in [0, 0.1) is 5.92 Å². The molecule has 1 atom stereocenters. The SMILES string of the molecule is COc1ccc(S(=O)(=O)N[C@H](CC(C)C)C(=O)NCc2cccnc2)cc1. The standard InChI is InChI=1S/C19H25N3O4S/c1-14(2)11-18(19(23)21-13-15-5-4-10-20-12-15)22-27(24,25)17-8-6-16(26-3)7-9-17/h4-10,12,14,18,22H,11,13H2,1-3H3,(H,21,23)/t18-/m1/s1. The highest BCUT2D eigenvalue weighted by Gasteiger charge is 2.26. The molecule has 0 unspecified atom stereocenters. The van der Waals surface area contributed by atoms with Crippen molar-refractivity contribution in [3.63, 3.8) is 0 Å². The van der Waals surface area contributed by atoms with Gasteiger partial charge < -0.3 is 10.1 Å². The molecule has 1 amide bonds. The second kappa shape index (κ2) is 9.48. The zero-order valence-corrected chi connectivity index (χ0v) is 16.5. The van der Waals surface area contributed by atoms with E-state index in [2.05, 4.69) is 15.0 Å². The second-order valence-corrected chi connectivity index (χ2v) is 8.27. The van der Waals surface area contributed by atoms with Crippen LogP contribution in [0.3, 0.4) is 0 Å². The third kappa shape index (κ3) is 6.33. The van der Waals surface area contributed by atoms with Gasteiger partial charge in [-0.15, -0.1) is 0 Å². The summed E-state index contributed by atoms with van der Waals surface area (Å²) in [5.74, 6) is 0.323. The quantitative estimate of drug-likeness (QED) is 0.682. The highest BCUT2D eigenvalue weighted by molar-refractivity contribution is 7.89. The van der Waals surface area contributed by atoms with Gasteiger partial charge in [-0.2, -0.15) is 4.72 Å². The van der Waals surface area contributed by atoms with Crippen LogP contribution in [0.15, 0.2) is 53.7 Å². The minimum absolute atomic E-state index is 0.0807. The number of carbonyl (C=O) groups is 1. The summed E-state index contributed by atoms with van der Waals surface area (Å²) < 4.78 is 32.9. The fourth-order valence-corrected chi connectivity index (χ4v) is 3.71. The molecule has 27 heavy (non-hydrogen) atoms. The van der Waals surface area contributed by atoms with Gasteiger partial charge in [0.05, 0.1) is 12.0 Å². The highest BCUT2D eigenvalue weighted by atomic mass is 32.2. The molecule has 0 aliphatic carbocycles. The molecule has 1 aromatic carbocycles. The zero-order valence-electron chi connectivity index (χ0n) is 15.7. The van der Waals surface area contributed by atoms with Crippen molar-refractivity contribution in [1.29, 1.82) is 0 Å². The molecule has 1 aromatic heterocycles. The molecule has 0 radical (unpaired) electrons. The van der Waals surface area contributed by atoms with Crippen LogP contribution in [0.4, 0.5) is 0 Å². The Bertz CT molecular complexity index is 837. The number of ether oxygens (including phenoxy) is 1. The molecule has 2 aromatic rings. The number of methoxy groups -OCH3 is 1. The number of carbonyl (C=O) groups excluding carboxylic acids is 1. The maximum absolute atomic E-state index is 12.7. The molecular weight excluding hydrogens is 366 g/mol. The van der Waals surface area contributed by atoms with Crippen molar-refractivity contribution in [3.05, 3.63) is 54.4 Å². The van der Waals surface area contributed by atoms with Crippen LogP contribution in [-0.2, 0) is 21.4 Å². The summed E-state index contributed by atoms with van der Waals surface area (Å²) in [6, 6.07) is 8.77. The second-order valence-electron chi connectivity index (χ2n) is 6.56. The molecule has 7 nitrogen and oxygen atoms in total. The van der Waals surface area contributed by atoms with Gasteiger partial charge in [-0.1, -0.05) is 19.9 Å². The number of nitrogens with zero attached hydrogens (tertiary/aromatic N) is 1. The first-order chi connectivity index (χ1) is 12.8. The molecule has 0 fully saturated rings. The topological polar surface area (TPSA) is 97.4 Å². The van der Waals surface area contributed by atoms with Gasteiger partial charge in [0, 0.05) is 18.9 Å². The van der Waals surface area contributed by atoms with Crippen molar-refractivity contribution in [3.8, 4) is 5.75 Å². The molecule has 0 aliphatic rings. The van der Waals surface area contributed by atoms with E-state index in [1.807, 2.05) is 19.9 Å². The van der Waals surface area contributed by atoms with E-state index in [4.69, 9.17) is 4.74 Å². The third-order valence-electron chi connectivity index (χ3n) is 3.88. The fourth-order valence-electron chi connectivity index (χ4n) is 2.51. The molecule has 1 heterocycles. The molecule has 0 aliphatic heterocycles. The molecular formula is C19H25N3O4S. The van der Waals surface area contributed by atoms with Crippen molar-refractivity contribution in [1.82, 2.24) is 15.0 Å². The number of nitrogens with one attached hydrogen (secondary N) is 2. The third-order valence-corrected chi connectivity index (χ3v) is 5.37. The molecule has 146 valence electrons. The van der Waals surface area contributed by atoms with E-state index in [0.717, 1.165) is 5.56 Å². The Morgan fingerprint density at radius 2 is 1.89 bits per heavy atom. The number of amides is 1. The first-order valence-electron chi connectivity index (χ1n) is 8.65. The summed E-state index contributed by atoms with van der Waals surface area (Å²) in [5.41, 5.74) is 0.840. The van der Waals surface area contributed by atoms with Crippen LogP contribution in [0.1, 0.15) is 25.8 Å². The minimum atomic E-state index is -3.84. The van der Waals surface area contributed by atoms with Crippen molar-refractivity contribution < 1.29 is 17.9 Å². The number of sulfonamides is 1. The maximum atomic E-state index is 12.7. The van der Waals surface area contributed by atoms with Crippen LogP contribution >= 0.6 is 0 Å². The molecule has 8 heteroatoms. The average Bonchev–Trinajstić information content (AvgIpc) is 2.66. The minimum Gasteiger partial charge on any atom is -0.497 e. The van der Waals surface area contributed by atoms with Gasteiger partial charge in [0.2, 0.25) is 15.9 Å². The van der Waals surface area contributed by atoms with Crippen molar-refractivity contribution in [2.45, 2.75) is 37.8 Å². The van der Waals surface area contributed by atoms with Gasteiger partial charge >= 0.3 is 0 Å². The van der Waals surface area contributed by atoms with E-state index in [-0.39, 0.29) is 23.3 Å². The summed E-state index contributed by atoms with van der Waals surface area (Å²) >= 11 is 0. The summed E-state index contributed by atoms with van der Waals surface area (Å²) in [6.45, 7) is 4.15. The maximum Gasteiger partial charge on any atom is 0.241 e. The Morgan fingerprint density at radius 1 is 1.19 bits per heavy atom. The predicted octanol–water partition coefficient (Wildman–Crippen LogP) is 2.10. The van der Waals surface area contributed by atoms with Crippen LogP contribution < -0.4 is 14.8 Å². The van der Waals surface area contributed by atoms with Gasteiger partial charge in [-0.3, -0.25) is 9.78 Å². The Kier molecular flexibility index (Phi) is 7.32. The summed E-state index contributed by atoms with van der Waals surface area (Å²) in [4.78, 5) is 16.7. The van der Waals surface area contributed by atoms with Crippen molar-refractivity contribution in [2.75, 3.05) is 7.11 Å². The zero-order chi connectivity index (χ0) is 19.9. The Labute approximate surface area is 160 Å². The van der Waals surface area contributed by atoms with Crippen LogP contribution in [0.25, 0.3) is 0 Å². The molecule has 0 saturated heterocycles. The predicted molar refractivity (Wildman–Crippen MR) is 103 cm³/mol. The lowest BCUT2D eigenvalue weighted by atomic mass is 10.0. The van der Waals surface area contributed by atoms with E-state index >= 15 is 0 Å². The summed E-state index contributed by atoms with van der Waals surface area (Å²) in [7, 11) is -2.33. The Balaban J connectivity index is 2.10. The van der Waals surface area contributed by atoms with Crippen LogP contribution in [0.5, 0.6) is 5.75 Å². The Morgan fingerprint density at radius 3 is 2.44 bits per heavy atom. The molecule has 2 rings (SSSR count). The van der Waals surface area contributed by atoms with Gasteiger partial charge in [-0.05, 0) is 48.2 Å². The summed E-state index contributed by atoms with van der Waals surface area (Å²) in [5, 5.41) is 2.77. The van der Waals surface area contributed by atoms with Gasteiger partial charge in [0.25, 0.3) is 0 Å². The molecule has 0 spiro atoms. The van der Waals surface area contributed by atoms with Gasteiger partial charge in [0.1, 0.15) is 11.8 Å². The lowest BCUT2D eigenvalue weighted by Gasteiger charge is -2.20. The van der Waals surface area contributed by atoms with Crippen LogP contribution in [-0.4, -0.2) is 32.5 Å². The van der Waals surface area contributed by atoms with E-state index < -0.39 is 16.1 Å². The number of hydrogen-bond donors (Lipinski definition) is 2. The largest absolute Gasteiger partial charge is 0.497 e. The Hall–Kier alpha value is -2.45. The van der Waals surface area contributed by atoms with E-state index in [1.54, 1.807) is 30.6 Å².